The van der Waals surface area contributed by atoms with Gasteiger partial charge in [0.1, 0.15) is 36.6 Å². The van der Waals surface area contributed by atoms with E-state index in [1.165, 1.54) is 20.1 Å². The van der Waals surface area contributed by atoms with Gasteiger partial charge < -0.3 is 76.9 Å². The molecule has 2 unspecified atom stereocenters. The Kier molecular flexibility index (Phi) is 16.1. The van der Waals surface area contributed by atoms with E-state index in [1.807, 2.05) is 51.1 Å². The number of aliphatic hydroxyl groups is 3. The molecule has 72 heavy (non-hydrogen) atoms. The van der Waals surface area contributed by atoms with Crippen molar-refractivity contribution in [1.29, 1.82) is 0 Å². The fourth-order valence-electron chi connectivity index (χ4n) is 15.1. The number of hydrogen-bond acceptors (Lipinski definition) is 18. The first-order valence-corrected chi connectivity index (χ1v) is 26.2. The van der Waals surface area contributed by atoms with Crippen molar-refractivity contribution >= 4 is 18.0 Å². The van der Waals surface area contributed by atoms with Crippen molar-refractivity contribution in [3.8, 4) is 0 Å². The molecule has 9 rings (SSSR count). The molecule has 18 nitrogen and oxygen atoms in total. The van der Waals surface area contributed by atoms with Gasteiger partial charge in [0.15, 0.2) is 30.8 Å². The Morgan fingerprint density at radius 2 is 1.39 bits per heavy atom. The summed E-state index contributed by atoms with van der Waals surface area (Å²) in [6.45, 7) is 11.1. The monoisotopic (exact) mass is 1020 g/mol. The van der Waals surface area contributed by atoms with Gasteiger partial charge in [0.2, 0.25) is 0 Å². The van der Waals surface area contributed by atoms with Gasteiger partial charge >= 0.3 is 11.9 Å². The van der Waals surface area contributed by atoms with Crippen LogP contribution in [-0.4, -0.2) is 172 Å². The number of ether oxygens (including phenoxy) is 13. The van der Waals surface area contributed by atoms with Crippen molar-refractivity contribution in [2.24, 2.45) is 34.5 Å². The van der Waals surface area contributed by atoms with Crippen molar-refractivity contribution in [2.75, 3.05) is 35.0 Å². The van der Waals surface area contributed by atoms with E-state index < -0.39 is 126 Å². The molecular weight excluding hydrogens is 937 g/mol. The standard InChI is InChI=1S/C54H80O18/c1-28-43(57)48(62-9)44(58)50(67-28)72-46-30(3)66-41(26-37(46)61-8)71-45-29(2)65-40(25-36(45)60-7)69-34-20-22-51(5)33(24-34)17-18-35-42(51)47(68-31(4)55)49(70-39(56)19-16-32-14-12-11-13-15-32)53-27-64-52(6,63-10)38(53)21-23-54(35,53)59/h11-16,19,28-30,33-38,40-50,57-59H,17-18,20-27H2,1-10H3/b19-16+/t28-,29-,30-,33+,34+,35-,36+,37-,38?,40+,41+,42-,43-,44-,45-,46-,47+,48-,49-,50+,51+,52-,53?,54+/m1/s1. The quantitative estimate of drug-likeness (QED) is 0.129. The lowest BCUT2D eigenvalue weighted by molar-refractivity contribution is -0.352. The summed E-state index contributed by atoms with van der Waals surface area (Å²) >= 11 is 0. The fraction of sp³-hybridized carbons (Fsp3) is 0.815. The third-order valence-electron chi connectivity index (χ3n) is 18.8. The number of esters is 2. The topological polar surface area (TPSA) is 215 Å². The molecule has 18 heteroatoms. The van der Waals surface area contributed by atoms with Gasteiger partial charge in [0.05, 0.1) is 54.2 Å². The molecule has 1 aromatic rings. The van der Waals surface area contributed by atoms with Crippen LogP contribution in [0.15, 0.2) is 36.4 Å². The van der Waals surface area contributed by atoms with Gasteiger partial charge in [-0.1, -0.05) is 37.3 Å². The summed E-state index contributed by atoms with van der Waals surface area (Å²) in [5.41, 5.74) is -1.97. The second-order valence-electron chi connectivity index (χ2n) is 22.3. The summed E-state index contributed by atoms with van der Waals surface area (Å²) in [6, 6.07) is 9.49. The van der Waals surface area contributed by atoms with Crippen molar-refractivity contribution in [2.45, 2.75) is 209 Å². The Morgan fingerprint density at radius 1 is 0.722 bits per heavy atom. The Labute approximate surface area is 423 Å². The number of aliphatic hydroxyl groups excluding tert-OH is 2. The minimum absolute atomic E-state index is 0.0877. The first kappa shape index (κ1) is 54.1. The lowest BCUT2D eigenvalue weighted by Crippen LogP contribution is -2.74. The highest BCUT2D eigenvalue weighted by Crippen LogP contribution is 2.73. The van der Waals surface area contributed by atoms with E-state index in [2.05, 4.69) is 6.92 Å². The van der Waals surface area contributed by atoms with Crippen molar-refractivity contribution < 1.29 is 86.5 Å². The normalized spacial score (nSPS) is 49.1. The van der Waals surface area contributed by atoms with Gasteiger partial charge in [-0.05, 0) is 102 Å². The molecular formula is C54H80O18. The van der Waals surface area contributed by atoms with Gasteiger partial charge in [-0.15, -0.1) is 0 Å². The zero-order valence-electron chi connectivity index (χ0n) is 43.6. The van der Waals surface area contributed by atoms with Crippen molar-refractivity contribution in [1.82, 2.24) is 0 Å². The smallest absolute Gasteiger partial charge is 0.331 e. The summed E-state index contributed by atoms with van der Waals surface area (Å²) in [7, 11) is 6.27. The number of carbonyl (C=O) groups excluding carboxylic acids is 2. The molecule has 404 valence electrons. The summed E-state index contributed by atoms with van der Waals surface area (Å²) in [4.78, 5) is 27.3. The van der Waals surface area contributed by atoms with Crippen molar-refractivity contribution in [3.05, 3.63) is 42.0 Å². The average molecular weight is 1020 g/mol. The van der Waals surface area contributed by atoms with E-state index in [1.54, 1.807) is 34.3 Å². The molecule has 3 N–H and O–H groups in total. The van der Waals surface area contributed by atoms with Gasteiger partial charge in [-0.25, -0.2) is 4.79 Å². The molecule has 4 aliphatic heterocycles. The summed E-state index contributed by atoms with van der Waals surface area (Å²) < 4.78 is 81.5. The summed E-state index contributed by atoms with van der Waals surface area (Å²) in [5.74, 6) is -2.90. The van der Waals surface area contributed by atoms with Crippen LogP contribution >= 0.6 is 0 Å². The van der Waals surface area contributed by atoms with Crippen LogP contribution in [0.2, 0.25) is 0 Å². The molecule has 4 aliphatic carbocycles. The van der Waals surface area contributed by atoms with Gasteiger partial charge in [0, 0.05) is 66.1 Å². The molecule has 1 aromatic carbocycles. The molecule has 4 saturated carbocycles. The predicted molar refractivity (Wildman–Crippen MR) is 255 cm³/mol. The number of benzene rings is 1. The van der Waals surface area contributed by atoms with Crippen LogP contribution in [0.3, 0.4) is 0 Å². The number of hydrogen-bond donors (Lipinski definition) is 3. The minimum Gasteiger partial charge on any atom is -0.458 e. The Balaban J connectivity index is 0.877. The third kappa shape index (κ3) is 9.53. The third-order valence-corrected chi connectivity index (χ3v) is 18.8. The predicted octanol–water partition coefficient (Wildman–Crippen LogP) is 4.85. The Morgan fingerprint density at radius 3 is 2.03 bits per heavy atom. The molecule has 0 radical (unpaired) electrons. The van der Waals surface area contributed by atoms with Crippen LogP contribution in [0.4, 0.5) is 0 Å². The van der Waals surface area contributed by atoms with E-state index in [4.69, 9.17) is 61.6 Å². The summed E-state index contributed by atoms with van der Waals surface area (Å²) in [5, 5.41) is 34.9. The number of methoxy groups -OCH3 is 4. The SMILES string of the molecule is CO[C@H]1[C@@H](O)[C@H](O[C@@H]2[C@@H](C)O[C@@H](O[C@H]3[C@@H](OC)C[C@H](O[C@H]4CC[C@@]5(C)[C@@H](CC[C@@H]6[C@@H]5[C@H](OC(C)=O)[C@@H](OC(=O)/C=C/c5ccccc5)C57CO[C@@](C)(OC)C5CC[C@]67O)C4)O[C@@H]3C)C[C@H]2OC)O[C@H](C)[C@H]1O. The molecule has 24 atom stereocenters. The lowest BCUT2D eigenvalue weighted by Gasteiger charge is -2.66. The fourth-order valence-corrected chi connectivity index (χ4v) is 15.1. The second kappa shape index (κ2) is 21.4. The van der Waals surface area contributed by atoms with Crippen LogP contribution in [0.5, 0.6) is 0 Å². The highest BCUT2D eigenvalue weighted by molar-refractivity contribution is 5.87. The minimum atomic E-state index is -1.29. The van der Waals surface area contributed by atoms with E-state index >= 15 is 0 Å². The summed E-state index contributed by atoms with van der Waals surface area (Å²) in [6.07, 6.45) is -2.53. The molecule has 8 fully saturated rings. The zero-order valence-corrected chi connectivity index (χ0v) is 43.6. The van der Waals surface area contributed by atoms with Gasteiger partial charge in [0.25, 0.3) is 0 Å². The Bertz CT molecular complexity index is 2060. The highest BCUT2D eigenvalue weighted by atomic mass is 16.8. The van der Waals surface area contributed by atoms with Crippen LogP contribution in [0.25, 0.3) is 6.08 Å². The molecule has 0 amide bonds. The van der Waals surface area contributed by atoms with Crippen LogP contribution < -0.4 is 0 Å². The second-order valence-corrected chi connectivity index (χ2v) is 22.3. The zero-order chi connectivity index (χ0) is 51.5. The van der Waals surface area contributed by atoms with Crippen molar-refractivity contribution in [3.63, 3.8) is 0 Å². The Hall–Kier alpha value is -2.66. The maximum absolute atomic E-state index is 14.0. The van der Waals surface area contributed by atoms with E-state index in [0.29, 0.717) is 38.5 Å². The lowest BCUT2D eigenvalue weighted by atomic mass is 9.41. The molecule has 4 saturated heterocycles. The maximum atomic E-state index is 14.0. The van der Waals surface area contributed by atoms with E-state index in [0.717, 1.165) is 24.8 Å². The first-order valence-electron chi connectivity index (χ1n) is 26.2. The first-order chi connectivity index (χ1) is 34.3. The van der Waals surface area contributed by atoms with Gasteiger partial charge in [-0.3, -0.25) is 4.79 Å². The van der Waals surface area contributed by atoms with Crippen LogP contribution in [-0.2, 0) is 71.2 Å². The molecule has 0 aromatic heterocycles. The van der Waals surface area contributed by atoms with E-state index in [-0.39, 0.29) is 36.4 Å². The largest absolute Gasteiger partial charge is 0.458 e. The van der Waals surface area contributed by atoms with Crippen LogP contribution in [0.1, 0.15) is 105 Å². The number of fused-ring (bicyclic) bond motifs is 4. The van der Waals surface area contributed by atoms with Gasteiger partial charge in [-0.2, -0.15) is 0 Å². The number of carbonyl (C=O) groups is 2. The number of rotatable bonds is 14. The molecule has 4 heterocycles. The maximum Gasteiger partial charge on any atom is 0.331 e. The highest BCUT2D eigenvalue weighted by Gasteiger charge is 2.81. The molecule has 1 spiro atoms. The van der Waals surface area contributed by atoms with E-state index in [9.17, 15) is 24.9 Å². The van der Waals surface area contributed by atoms with Crippen LogP contribution in [0, 0.1) is 34.5 Å². The molecule has 0 bridgehead atoms. The molecule has 8 aliphatic rings. The average Bonchev–Trinajstić information content (AvgIpc) is 3.85.